The summed E-state index contributed by atoms with van der Waals surface area (Å²) in [5.41, 5.74) is 5.71. The minimum absolute atomic E-state index is 0.312. The summed E-state index contributed by atoms with van der Waals surface area (Å²) in [5, 5.41) is 3.00. The highest BCUT2D eigenvalue weighted by Gasteiger charge is 2.21. The number of nitrogens with two attached hydrogens (primary N) is 1. The van der Waals surface area contributed by atoms with Gasteiger partial charge in [0.25, 0.3) is 0 Å². The summed E-state index contributed by atoms with van der Waals surface area (Å²) in [4.78, 5) is 12.9. The van der Waals surface area contributed by atoms with E-state index in [1.165, 1.54) is 13.0 Å². The first-order valence-corrected chi connectivity index (χ1v) is 6.30. The zero-order valence-corrected chi connectivity index (χ0v) is 11.3. The number of anilines is 3. The van der Waals surface area contributed by atoms with Gasteiger partial charge in [0.15, 0.2) is 0 Å². The van der Waals surface area contributed by atoms with Crippen molar-refractivity contribution >= 4 is 17.6 Å². The lowest BCUT2D eigenvalue weighted by Crippen LogP contribution is -2.28. The summed E-state index contributed by atoms with van der Waals surface area (Å²) in [6, 6.07) is 1.93. The Balaban J connectivity index is 2.03. The molecule has 1 saturated heterocycles. The second kappa shape index (κ2) is 5.39. The van der Waals surface area contributed by atoms with Gasteiger partial charge in [-0.15, -0.1) is 0 Å². The molecule has 1 aliphatic rings. The molecule has 1 unspecified atom stereocenters. The second-order valence-electron chi connectivity index (χ2n) is 5.02. The monoisotopic (exact) mass is 250 g/mol. The average Bonchev–Trinajstić information content (AvgIpc) is 2.73. The van der Waals surface area contributed by atoms with Crippen molar-refractivity contribution in [3.63, 3.8) is 0 Å². The molecule has 2 heterocycles. The van der Waals surface area contributed by atoms with Gasteiger partial charge >= 0.3 is 0 Å². The van der Waals surface area contributed by atoms with Crippen LogP contribution in [0.1, 0.15) is 6.42 Å². The highest BCUT2D eigenvalue weighted by molar-refractivity contribution is 5.51. The van der Waals surface area contributed by atoms with Crippen LogP contribution in [-0.4, -0.2) is 55.6 Å². The maximum atomic E-state index is 5.71. The SMILES string of the molecule is CNc1cc(N(C)CC2CCN(C)C2)nc(N)n1. The number of likely N-dealkylation sites (tertiary alicyclic amines) is 1. The summed E-state index contributed by atoms with van der Waals surface area (Å²) in [6.45, 7) is 3.35. The van der Waals surface area contributed by atoms with Crippen molar-refractivity contribution < 1.29 is 0 Å². The Labute approximate surface area is 108 Å². The van der Waals surface area contributed by atoms with Crippen LogP contribution in [0, 0.1) is 5.92 Å². The van der Waals surface area contributed by atoms with Crippen LogP contribution in [0.2, 0.25) is 0 Å². The molecular formula is C12H22N6. The molecule has 0 bridgehead atoms. The quantitative estimate of drug-likeness (QED) is 0.810. The van der Waals surface area contributed by atoms with Gasteiger partial charge in [-0.3, -0.25) is 0 Å². The molecule has 1 atom stereocenters. The Bertz CT molecular complexity index is 408. The Morgan fingerprint density at radius 2 is 2.33 bits per heavy atom. The Hall–Kier alpha value is -1.56. The minimum atomic E-state index is 0.312. The van der Waals surface area contributed by atoms with E-state index in [9.17, 15) is 0 Å². The molecule has 3 N–H and O–H groups in total. The zero-order valence-electron chi connectivity index (χ0n) is 11.3. The molecule has 6 heteroatoms. The van der Waals surface area contributed by atoms with Gasteiger partial charge < -0.3 is 20.9 Å². The summed E-state index contributed by atoms with van der Waals surface area (Å²) >= 11 is 0. The van der Waals surface area contributed by atoms with Gasteiger partial charge in [-0.25, -0.2) is 0 Å². The largest absolute Gasteiger partial charge is 0.373 e. The first-order chi connectivity index (χ1) is 8.58. The van der Waals surface area contributed by atoms with Crippen LogP contribution in [0.15, 0.2) is 6.07 Å². The zero-order chi connectivity index (χ0) is 13.1. The number of hydrogen-bond donors (Lipinski definition) is 2. The third-order valence-electron chi connectivity index (χ3n) is 3.40. The predicted molar refractivity (Wildman–Crippen MR) is 74.9 cm³/mol. The minimum Gasteiger partial charge on any atom is -0.373 e. The van der Waals surface area contributed by atoms with Gasteiger partial charge in [0.2, 0.25) is 5.95 Å². The molecule has 1 aliphatic heterocycles. The molecular weight excluding hydrogens is 228 g/mol. The summed E-state index contributed by atoms with van der Waals surface area (Å²) in [6.07, 6.45) is 1.25. The first kappa shape index (κ1) is 12.9. The molecule has 6 nitrogen and oxygen atoms in total. The van der Waals surface area contributed by atoms with E-state index < -0.39 is 0 Å². The number of rotatable bonds is 4. The average molecular weight is 250 g/mol. The van der Waals surface area contributed by atoms with Gasteiger partial charge in [0.1, 0.15) is 11.6 Å². The Morgan fingerprint density at radius 3 is 2.94 bits per heavy atom. The van der Waals surface area contributed by atoms with E-state index in [2.05, 4.69) is 39.2 Å². The molecule has 0 radical (unpaired) electrons. The fourth-order valence-corrected chi connectivity index (χ4v) is 2.43. The number of aromatic nitrogens is 2. The van der Waals surface area contributed by atoms with Gasteiger partial charge in [0, 0.05) is 33.3 Å². The summed E-state index contributed by atoms with van der Waals surface area (Å²) in [5.74, 6) is 2.65. The highest BCUT2D eigenvalue weighted by atomic mass is 15.2. The maximum absolute atomic E-state index is 5.71. The van der Waals surface area contributed by atoms with E-state index >= 15 is 0 Å². The van der Waals surface area contributed by atoms with Crippen molar-refractivity contribution in [2.45, 2.75) is 6.42 Å². The molecule has 0 amide bonds. The van der Waals surface area contributed by atoms with Crippen molar-refractivity contribution in [2.75, 3.05) is 56.7 Å². The lowest BCUT2D eigenvalue weighted by Gasteiger charge is -2.22. The lowest BCUT2D eigenvalue weighted by atomic mass is 10.1. The molecule has 0 saturated carbocycles. The van der Waals surface area contributed by atoms with Crippen molar-refractivity contribution in [3.8, 4) is 0 Å². The van der Waals surface area contributed by atoms with Crippen LogP contribution in [-0.2, 0) is 0 Å². The van der Waals surface area contributed by atoms with Crippen molar-refractivity contribution in [1.82, 2.24) is 14.9 Å². The molecule has 1 fully saturated rings. The van der Waals surface area contributed by atoms with E-state index in [4.69, 9.17) is 5.73 Å². The lowest BCUT2D eigenvalue weighted by molar-refractivity contribution is 0.395. The Kier molecular flexibility index (Phi) is 3.86. The summed E-state index contributed by atoms with van der Waals surface area (Å²) < 4.78 is 0. The van der Waals surface area contributed by atoms with Crippen LogP contribution < -0.4 is 16.0 Å². The normalized spacial score (nSPS) is 20.1. The van der Waals surface area contributed by atoms with Crippen molar-refractivity contribution in [2.24, 2.45) is 5.92 Å². The topological polar surface area (TPSA) is 70.3 Å². The van der Waals surface area contributed by atoms with Crippen molar-refractivity contribution in [1.29, 1.82) is 0 Å². The van der Waals surface area contributed by atoms with Gasteiger partial charge in [-0.2, -0.15) is 9.97 Å². The molecule has 0 aromatic carbocycles. The molecule has 18 heavy (non-hydrogen) atoms. The molecule has 0 spiro atoms. The molecule has 0 aliphatic carbocycles. The number of nitrogens with zero attached hydrogens (tertiary/aromatic N) is 4. The van der Waals surface area contributed by atoms with Crippen LogP contribution in [0.3, 0.4) is 0 Å². The predicted octanol–water partition coefficient (Wildman–Crippen LogP) is 0.488. The van der Waals surface area contributed by atoms with Crippen LogP contribution in [0.5, 0.6) is 0 Å². The number of hydrogen-bond acceptors (Lipinski definition) is 6. The first-order valence-electron chi connectivity index (χ1n) is 6.30. The summed E-state index contributed by atoms with van der Waals surface area (Å²) in [7, 11) is 6.05. The second-order valence-corrected chi connectivity index (χ2v) is 5.02. The number of nitrogens with one attached hydrogen (secondary N) is 1. The highest BCUT2D eigenvalue weighted by Crippen LogP contribution is 2.20. The van der Waals surface area contributed by atoms with E-state index in [1.54, 1.807) is 0 Å². The molecule has 1 aromatic heterocycles. The van der Waals surface area contributed by atoms with Gasteiger partial charge in [-0.1, -0.05) is 0 Å². The van der Waals surface area contributed by atoms with Gasteiger partial charge in [-0.05, 0) is 25.9 Å². The van der Waals surface area contributed by atoms with Crippen LogP contribution in [0.4, 0.5) is 17.6 Å². The van der Waals surface area contributed by atoms with E-state index in [1.807, 2.05) is 13.1 Å². The third kappa shape index (κ3) is 3.01. The third-order valence-corrected chi connectivity index (χ3v) is 3.40. The van der Waals surface area contributed by atoms with E-state index in [0.717, 1.165) is 24.7 Å². The van der Waals surface area contributed by atoms with Crippen LogP contribution >= 0.6 is 0 Å². The number of nitrogen functional groups attached to an aromatic ring is 1. The van der Waals surface area contributed by atoms with Gasteiger partial charge in [0.05, 0.1) is 0 Å². The molecule has 2 rings (SSSR count). The molecule has 1 aromatic rings. The van der Waals surface area contributed by atoms with E-state index in [0.29, 0.717) is 11.9 Å². The molecule has 100 valence electrons. The fraction of sp³-hybridized carbons (Fsp3) is 0.667. The van der Waals surface area contributed by atoms with Crippen LogP contribution in [0.25, 0.3) is 0 Å². The van der Waals surface area contributed by atoms with Crippen molar-refractivity contribution in [3.05, 3.63) is 6.07 Å². The fourth-order valence-electron chi connectivity index (χ4n) is 2.43. The smallest absolute Gasteiger partial charge is 0.223 e. The van der Waals surface area contributed by atoms with E-state index in [-0.39, 0.29) is 0 Å². The maximum Gasteiger partial charge on any atom is 0.223 e. The Morgan fingerprint density at radius 1 is 1.56 bits per heavy atom. The standard InChI is InChI=1S/C12H22N6/c1-14-10-6-11(16-12(13)15-10)18(3)8-9-4-5-17(2)7-9/h6,9H,4-5,7-8H2,1-3H3,(H3,13,14,15,16).